The molecule has 0 atom stereocenters. The minimum atomic E-state index is -3.50. The highest BCUT2D eigenvalue weighted by Crippen LogP contribution is 2.16. The summed E-state index contributed by atoms with van der Waals surface area (Å²) in [5.41, 5.74) is 2.71. The van der Waals surface area contributed by atoms with Crippen molar-refractivity contribution < 1.29 is 8.42 Å². The molecule has 2 aromatic rings. The maximum absolute atomic E-state index is 12.0. The zero-order valence-corrected chi connectivity index (χ0v) is 12.6. The topological polar surface area (TPSA) is 59.1 Å². The van der Waals surface area contributed by atoms with Crippen molar-refractivity contribution in [3.8, 4) is 0 Å². The van der Waals surface area contributed by atoms with Gasteiger partial charge >= 0.3 is 0 Å². The van der Waals surface area contributed by atoms with E-state index in [1.54, 1.807) is 17.6 Å². The van der Waals surface area contributed by atoms with Gasteiger partial charge in [0.25, 0.3) is 0 Å². The molecule has 2 rings (SSSR count). The number of aryl methyl sites for hydroxylation is 1. The summed E-state index contributed by atoms with van der Waals surface area (Å²) < 4.78 is 26.6. The number of rotatable bonds is 5. The fourth-order valence-corrected chi connectivity index (χ4v) is 3.70. The maximum Gasteiger partial charge on any atom is 0.240 e. The number of halogens is 1. The standard InChI is InChI=1S/C12H13ClN2O2S2/c1-9-12(18-8-14-9)5-6-15-19(16,17)11-4-2-3-10(13)7-11/h2-4,7-8,15H,5-6H2,1H3. The lowest BCUT2D eigenvalue weighted by Crippen LogP contribution is -2.25. The summed E-state index contributed by atoms with van der Waals surface area (Å²) in [7, 11) is -3.50. The number of nitrogens with zero attached hydrogens (tertiary/aromatic N) is 1. The highest BCUT2D eigenvalue weighted by molar-refractivity contribution is 7.89. The first-order valence-electron chi connectivity index (χ1n) is 5.63. The van der Waals surface area contributed by atoms with Gasteiger partial charge in [-0.3, -0.25) is 0 Å². The van der Waals surface area contributed by atoms with Gasteiger partial charge in [-0.1, -0.05) is 17.7 Å². The molecule has 0 spiro atoms. The number of nitrogens with one attached hydrogen (secondary N) is 1. The molecule has 0 bridgehead atoms. The molecule has 0 aliphatic carbocycles. The monoisotopic (exact) mass is 316 g/mol. The van der Waals surface area contributed by atoms with Gasteiger partial charge in [0.2, 0.25) is 10.0 Å². The Morgan fingerprint density at radius 2 is 2.21 bits per heavy atom. The van der Waals surface area contributed by atoms with Crippen molar-refractivity contribution in [3.63, 3.8) is 0 Å². The average Bonchev–Trinajstić information content (AvgIpc) is 2.75. The smallest absolute Gasteiger partial charge is 0.240 e. The van der Waals surface area contributed by atoms with Gasteiger partial charge in [0.1, 0.15) is 0 Å². The minimum absolute atomic E-state index is 0.182. The molecule has 4 nitrogen and oxygen atoms in total. The summed E-state index contributed by atoms with van der Waals surface area (Å²) in [6, 6.07) is 6.21. The van der Waals surface area contributed by atoms with Crippen molar-refractivity contribution in [1.29, 1.82) is 0 Å². The lowest BCUT2D eigenvalue weighted by Gasteiger charge is -2.06. The van der Waals surface area contributed by atoms with Crippen LogP contribution in [0, 0.1) is 6.92 Å². The second-order valence-corrected chi connectivity index (χ2v) is 7.11. The Balaban J connectivity index is 2.01. The Morgan fingerprint density at radius 1 is 1.42 bits per heavy atom. The number of sulfonamides is 1. The number of aromatic nitrogens is 1. The van der Waals surface area contributed by atoms with Crippen molar-refractivity contribution >= 4 is 33.0 Å². The van der Waals surface area contributed by atoms with E-state index in [1.807, 2.05) is 6.92 Å². The normalized spacial score (nSPS) is 11.7. The Labute approximate surface area is 121 Å². The van der Waals surface area contributed by atoms with Gasteiger partial charge in [-0.2, -0.15) is 0 Å². The van der Waals surface area contributed by atoms with E-state index >= 15 is 0 Å². The van der Waals surface area contributed by atoms with E-state index in [-0.39, 0.29) is 4.90 Å². The number of hydrogen-bond donors (Lipinski definition) is 1. The minimum Gasteiger partial charge on any atom is -0.250 e. The van der Waals surface area contributed by atoms with Crippen LogP contribution in [0.15, 0.2) is 34.7 Å². The number of thiazole rings is 1. The molecule has 1 heterocycles. The SMILES string of the molecule is Cc1ncsc1CCNS(=O)(=O)c1cccc(Cl)c1. The van der Waals surface area contributed by atoms with Gasteiger partial charge in [-0.25, -0.2) is 18.1 Å². The van der Waals surface area contributed by atoms with Crippen LogP contribution in [0.1, 0.15) is 10.6 Å². The molecule has 0 amide bonds. The number of hydrogen-bond acceptors (Lipinski definition) is 4. The van der Waals surface area contributed by atoms with Gasteiger partial charge in [0.15, 0.2) is 0 Å². The van der Waals surface area contributed by atoms with E-state index in [0.29, 0.717) is 18.0 Å². The third kappa shape index (κ3) is 3.76. The van der Waals surface area contributed by atoms with Crippen LogP contribution >= 0.6 is 22.9 Å². The van der Waals surface area contributed by atoms with Gasteiger partial charge in [-0.05, 0) is 31.5 Å². The predicted molar refractivity (Wildman–Crippen MR) is 77.2 cm³/mol. The Kier molecular flexibility index (Phi) is 4.57. The van der Waals surface area contributed by atoms with E-state index < -0.39 is 10.0 Å². The van der Waals surface area contributed by atoms with Gasteiger partial charge in [0, 0.05) is 16.4 Å². The third-order valence-corrected chi connectivity index (χ3v) is 5.28. The summed E-state index contributed by atoms with van der Waals surface area (Å²) in [5, 5.41) is 0.404. The van der Waals surface area contributed by atoms with Crippen LogP contribution in [-0.2, 0) is 16.4 Å². The Hall–Kier alpha value is -0.950. The zero-order chi connectivity index (χ0) is 13.9. The molecule has 0 radical (unpaired) electrons. The maximum atomic E-state index is 12.0. The van der Waals surface area contributed by atoms with E-state index in [1.165, 1.54) is 23.5 Å². The van der Waals surface area contributed by atoms with Gasteiger partial charge in [-0.15, -0.1) is 11.3 Å². The van der Waals surface area contributed by atoms with Crippen molar-refractivity contribution in [1.82, 2.24) is 9.71 Å². The molecule has 0 aliphatic heterocycles. The van der Waals surface area contributed by atoms with Gasteiger partial charge in [0.05, 0.1) is 16.1 Å². The summed E-state index contributed by atoms with van der Waals surface area (Å²) in [6.07, 6.45) is 0.635. The molecule has 0 saturated carbocycles. The van der Waals surface area contributed by atoms with Crippen LogP contribution in [0.3, 0.4) is 0 Å². The van der Waals surface area contributed by atoms with E-state index in [9.17, 15) is 8.42 Å². The molecule has 7 heteroatoms. The largest absolute Gasteiger partial charge is 0.250 e. The predicted octanol–water partition coefficient (Wildman–Crippen LogP) is 2.63. The molecule has 0 saturated heterocycles. The first-order valence-corrected chi connectivity index (χ1v) is 8.37. The summed E-state index contributed by atoms with van der Waals surface area (Å²) in [4.78, 5) is 5.40. The summed E-state index contributed by atoms with van der Waals surface area (Å²) in [6.45, 7) is 2.26. The van der Waals surface area contributed by atoms with Crippen LogP contribution in [0.2, 0.25) is 5.02 Å². The van der Waals surface area contributed by atoms with Crippen molar-refractivity contribution in [3.05, 3.63) is 45.4 Å². The Morgan fingerprint density at radius 3 is 2.84 bits per heavy atom. The lowest BCUT2D eigenvalue weighted by molar-refractivity contribution is 0.582. The molecule has 0 aliphatic rings. The fraction of sp³-hybridized carbons (Fsp3) is 0.250. The summed E-state index contributed by atoms with van der Waals surface area (Å²) >= 11 is 7.32. The molecule has 1 aromatic heterocycles. The van der Waals surface area contributed by atoms with Crippen LogP contribution in [-0.4, -0.2) is 19.9 Å². The molecule has 102 valence electrons. The van der Waals surface area contributed by atoms with Crippen LogP contribution in [0.4, 0.5) is 0 Å². The van der Waals surface area contributed by atoms with Crippen LogP contribution in [0.5, 0.6) is 0 Å². The molecular formula is C12H13ClN2O2S2. The average molecular weight is 317 g/mol. The quantitative estimate of drug-likeness (QED) is 0.922. The number of benzene rings is 1. The lowest BCUT2D eigenvalue weighted by atomic mass is 10.3. The van der Waals surface area contributed by atoms with E-state index in [0.717, 1.165) is 10.6 Å². The molecule has 1 N–H and O–H groups in total. The first-order chi connectivity index (χ1) is 8.99. The molecule has 1 aromatic carbocycles. The first kappa shape index (κ1) is 14.5. The highest BCUT2D eigenvalue weighted by atomic mass is 35.5. The van der Waals surface area contributed by atoms with Crippen molar-refractivity contribution in [2.75, 3.05) is 6.54 Å². The zero-order valence-electron chi connectivity index (χ0n) is 10.3. The van der Waals surface area contributed by atoms with Crippen LogP contribution in [0.25, 0.3) is 0 Å². The molecular weight excluding hydrogens is 304 g/mol. The second-order valence-electron chi connectivity index (χ2n) is 3.97. The van der Waals surface area contributed by atoms with Crippen LogP contribution < -0.4 is 4.72 Å². The molecule has 0 fully saturated rings. The fourth-order valence-electron chi connectivity index (χ4n) is 1.58. The molecule has 0 unspecified atom stereocenters. The second kappa shape index (κ2) is 6.00. The highest BCUT2D eigenvalue weighted by Gasteiger charge is 2.14. The third-order valence-electron chi connectivity index (χ3n) is 2.60. The van der Waals surface area contributed by atoms with Crippen molar-refractivity contribution in [2.45, 2.75) is 18.2 Å². The molecule has 19 heavy (non-hydrogen) atoms. The Bertz CT molecular complexity index is 668. The van der Waals surface area contributed by atoms with E-state index in [4.69, 9.17) is 11.6 Å². The summed E-state index contributed by atoms with van der Waals surface area (Å²) in [5.74, 6) is 0. The van der Waals surface area contributed by atoms with E-state index in [2.05, 4.69) is 9.71 Å². The van der Waals surface area contributed by atoms with Crippen molar-refractivity contribution in [2.24, 2.45) is 0 Å². The van der Waals surface area contributed by atoms with Gasteiger partial charge < -0.3 is 0 Å².